The Kier molecular flexibility index (Phi) is 7.23. The maximum Gasteiger partial charge on any atom is 0.334 e. The fourth-order valence-corrected chi connectivity index (χ4v) is 3.68. The van der Waals surface area contributed by atoms with E-state index in [9.17, 15) is 24.3 Å². The van der Waals surface area contributed by atoms with Crippen LogP contribution < -0.4 is 0 Å². The standard InChI is InChI=1S/C22H30O8/c1-7-12(3)20(25)30-18-17-13(4)21(26)29-15(17)10-11(2)8-9-16(24)22(6,27)19(18)28-14(5)23/h8-9,11-12,15,17-19,27H,4,7,10H2,1-3,5-6H3/b9-8-/t11-,12+,15+,17-,18-,19+,22-/m0/s1. The first kappa shape index (κ1) is 23.8. The molecule has 1 heterocycles. The number of allylic oxidation sites excluding steroid dienone is 1. The minimum atomic E-state index is -2.21. The zero-order chi connectivity index (χ0) is 22.8. The van der Waals surface area contributed by atoms with Gasteiger partial charge in [0.1, 0.15) is 6.10 Å². The van der Waals surface area contributed by atoms with Crippen molar-refractivity contribution in [3.05, 3.63) is 24.3 Å². The van der Waals surface area contributed by atoms with Crippen LogP contribution >= 0.6 is 0 Å². The van der Waals surface area contributed by atoms with Gasteiger partial charge in [0.15, 0.2) is 23.6 Å². The third-order valence-corrected chi connectivity index (χ3v) is 5.77. The number of ether oxygens (including phenoxy) is 3. The van der Waals surface area contributed by atoms with E-state index in [-0.39, 0.29) is 11.5 Å². The van der Waals surface area contributed by atoms with Crippen molar-refractivity contribution in [3.8, 4) is 0 Å². The predicted molar refractivity (Wildman–Crippen MR) is 106 cm³/mol. The molecule has 1 aliphatic heterocycles. The smallest absolute Gasteiger partial charge is 0.334 e. The van der Waals surface area contributed by atoms with Crippen molar-refractivity contribution in [1.29, 1.82) is 0 Å². The maximum absolute atomic E-state index is 12.8. The molecule has 1 saturated heterocycles. The van der Waals surface area contributed by atoms with Gasteiger partial charge < -0.3 is 19.3 Å². The van der Waals surface area contributed by atoms with Crippen molar-refractivity contribution in [3.63, 3.8) is 0 Å². The van der Waals surface area contributed by atoms with Crippen molar-refractivity contribution >= 4 is 23.7 Å². The highest BCUT2D eigenvalue weighted by Gasteiger charge is 2.56. The number of carbonyl (C=O) groups is 4. The first-order chi connectivity index (χ1) is 13.9. The number of ketones is 1. The van der Waals surface area contributed by atoms with Gasteiger partial charge in [0.05, 0.1) is 11.8 Å². The molecular formula is C22H30O8. The number of hydrogen-bond acceptors (Lipinski definition) is 8. The van der Waals surface area contributed by atoms with E-state index in [1.54, 1.807) is 19.9 Å². The van der Waals surface area contributed by atoms with Crippen molar-refractivity contribution in [1.82, 2.24) is 0 Å². The first-order valence-corrected chi connectivity index (χ1v) is 10.1. The molecule has 1 N–H and O–H groups in total. The Bertz CT molecular complexity index is 765. The largest absolute Gasteiger partial charge is 0.458 e. The van der Waals surface area contributed by atoms with E-state index in [1.807, 2.05) is 6.92 Å². The molecule has 0 aromatic carbocycles. The minimum absolute atomic E-state index is 0.0408. The number of carbonyl (C=O) groups excluding carboxylic acids is 4. The van der Waals surface area contributed by atoms with Gasteiger partial charge in [0.2, 0.25) is 0 Å². The molecule has 2 aliphatic rings. The third kappa shape index (κ3) is 4.80. The molecule has 8 nitrogen and oxygen atoms in total. The summed E-state index contributed by atoms with van der Waals surface area (Å²) in [4.78, 5) is 49.6. The normalized spacial score (nSPS) is 36.3. The van der Waals surface area contributed by atoms with Crippen molar-refractivity contribution in [2.24, 2.45) is 17.8 Å². The van der Waals surface area contributed by atoms with Crippen molar-refractivity contribution < 1.29 is 38.5 Å². The highest BCUT2D eigenvalue weighted by atomic mass is 16.6. The summed E-state index contributed by atoms with van der Waals surface area (Å²) in [7, 11) is 0. The van der Waals surface area contributed by atoms with Gasteiger partial charge >= 0.3 is 17.9 Å². The second-order valence-electron chi connectivity index (χ2n) is 8.32. The molecule has 0 aromatic heterocycles. The monoisotopic (exact) mass is 422 g/mol. The predicted octanol–water partition coefficient (Wildman–Crippen LogP) is 1.89. The van der Waals surface area contributed by atoms with Gasteiger partial charge in [-0.2, -0.15) is 0 Å². The van der Waals surface area contributed by atoms with Gasteiger partial charge in [-0.3, -0.25) is 14.4 Å². The summed E-state index contributed by atoms with van der Waals surface area (Å²) in [6.45, 7) is 11.4. The van der Waals surface area contributed by atoms with Crippen LogP contribution in [0.3, 0.4) is 0 Å². The zero-order valence-corrected chi connectivity index (χ0v) is 18.0. The highest BCUT2D eigenvalue weighted by Crippen LogP contribution is 2.40. The number of hydrogen-bond donors (Lipinski definition) is 1. The highest BCUT2D eigenvalue weighted by molar-refractivity contribution is 5.97. The number of rotatable bonds is 4. The Morgan fingerprint density at radius 1 is 1.37 bits per heavy atom. The summed E-state index contributed by atoms with van der Waals surface area (Å²) in [6.07, 6.45) is 0.0139. The second-order valence-corrected chi connectivity index (χ2v) is 8.32. The lowest BCUT2D eigenvalue weighted by Crippen LogP contribution is -2.58. The van der Waals surface area contributed by atoms with E-state index in [2.05, 4.69) is 6.58 Å². The second kappa shape index (κ2) is 9.12. The Labute approximate surface area is 176 Å². The van der Waals surface area contributed by atoms with Crippen LogP contribution in [0.2, 0.25) is 0 Å². The molecular weight excluding hydrogens is 392 g/mol. The lowest BCUT2D eigenvalue weighted by atomic mass is 9.77. The summed E-state index contributed by atoms with van der Waals surface area (Å²) in [5, 5.41) is 11.1. The Morgan fingerprint density at radius 2 is 2.00 bits per heavy atom. The van der Waals surface area contributed by atoms with E-state index in [0.29, 0.717) is 12.8 Å². The molecule has 8 heteroatoms. The summed E-state index contributed by atoms with van der Waals surface area (Å²) in [5.74, 6) is -4.29. The molecule has 1 fully saturated rings. The summed E-state index contributed by atoms with van der Waals surface area (Å²) >= 11 is 0. The van der Waals surface area contributed by atoms with Gasteiger partial charge in [0.25, 0.3) is 0 Å². The summed E-state index contributed by atoms with van der Waals surface area (Å²) in [6, 6.07) is 0. The minimum Gasteiger partial charge on any atom is -0.458 e. The average molecular weight is 422 g/mol. The molecule has 0 saturated carbocycles. The third-order valence-electron chi connectivity index (χ3n) is 5.77. The lowest BCUT2D eigenvalue weighted by molar-refractivity contribution is -0.198. The van der Waals surface area contributed by atoms with E-state index in [1.165, 1.54) is 13.0 Å². The average Bonchev–Trinajstić information content (AvgIpc) is 2.94. The van der Waals surface area contributed by atoms with Crippen LogP contribution in [0.1, 0.15) is 47.5 Å². The summed E-state index contributed by atoms with van der Waals surface area (Å²) < 4.78 is 16.5. The molecule has 2 rings (SSSR count). The fourth-order valence-electron chi connectivity index (χ4n) is 3.68. The molecule has 1 aliphatic carbocycles. The maximum atomic E-state index is 12.8. The van der Waals surface area contributed by atoms with Crippen LogP contribution in [0.25, 0.3) is 0 Å². The first-order valence-electron chi connectivity index (χ1n) is 10.1. The van der Waals surface area contributed by atoms with Crippen LogP contribution in [0, 0.1) is 17.8 Å². The molecule has 166 valence electrons. The van der Waals surface area contributed by atoms with Crippen LogP contribution in [-0.4, -0.2) is 52.7 Å². The van der Waals surface area contributed by atoms with Gasteiger partial charge in [-0.1, -0.05) is 33.4 Å². The molecule has 0 unspecified atom stereocenters. The van der Waals surface area contributed by atoms with Crippen LogP contribution in [0.4, 0.5) is 0 Å². The molecule has 7 atom stereocenters. The number of fused-ring (bicyclic) bond motifs is 1. The van der Waals surface area contributed by atoms with Crippen molar-refractivity contribution in [2.45, 2.75) is 71.4 Å². The number of esters is 3. The molecule has 0 aromatic rings. The van der Waals surface area contributed by atoms with Crippen LogP contribution in [0.5, 0.6) is 0 Å². The molecule has 30 heavy (non-hydrogen) atoms. The Hall–Kier alpha value is -2.48. The van der Waals surface area contributed by atoms with E-state index >= 15 is 0 Å². The molecule has 0 radical (unpaired) electrons. The Balaban J connectivity index is 2.65. The van der Waals surface area contributed by atoms with Gasteiger partial charge in [-0.05, 0) is 31.8 Å². The van der Waals surface area contributed by atoms with Crippen LogP contribution in [0.15, 0.2) is 24.3 Å². The quantitative estimate of drug-likeness (QED) is 0.415. The molecule has 0 spiro atoms. The van der Waals surface area contributed by atoms with Gasteiger partial charge in [0, 0.05) is 12.5 Å². The molecule has 0 bridgehead atoms. The topological polar surface area (TPSA) is 116 Å². The van der Waals surface area contributed by atoms with Crippen molar-refractivity contribution in [2.75, 3.05) is 0 Å². The van der Waals surface area contributed by atoms with E-state index in [4.69, 9.17) is 14.2 Å². The van der Waals surface area contributed by atoms with E-state index in [0.717, 1.165) is 6.92 Å². The van der Waals surface area contributed by atoms with Crippen LogP contribution in [-0.2, 0) is 33.4 Å². The molecule has 0 amide bonds. The fraction of sp³-hybridized carbons (Fsp3) is 0.636. The van der Waals surface area contributed by atoms with Gasteiger partial charge in [-0.25, -0.2) is 4.79 Å². The Morgan fingerprint density at radius 3 is 2.57 bits per heavy atom. The summed E-state index contributed by atoms with van der Waals surface area (Å²) in [5.41, 5.74) is -2.17. The zero-order valence-electron chi connectivity index (χ0n) is 18.0. The van der Waals surface area contributed by atoms with E-state index < -0.39 is 59.4 Å². The van der Waals surface area contributed by atoms with Gasteiger partial charge in [-0.15, -0.1) is 0 Å². The SMILES string of the molecule is C=C1C(=O)O[C@@H]2C[C@@H](C)/C=C\C(=O)[C@](C)(O)[C@H](OC(C)=O)[C@@H](OC(=O)[C@H](C)CC)[C@@H]12. The lowest BCUT2D eigenvalue weighted by Gasteiger charge is -2.39. The number of aliphatic hydroxyl groups is 1.